The summed E-state index contributed by atoms with van der Waals surface area (Å²) in [7, 11) is 0. The van der Waals surface area contributed by atoms with Crippen LogP contribution in [0.15, 0.2) is 0 Å². The molecule has 0 aromatic rings. The highest BCUT2D eigenvalue weighted by Crippen LogP contribution is 2.11. The number of hydrogen-bond acceptors (Lipinski definition) is 3. The van der Waals surface area contributed by atoms with Gasteiger partial charge in [-0.2, -0.15) is 0 Å². The number of nitrogens with two attached hydrogens (primary N) is 1. The highest BCUT2D eigenvalue weighted by Gasteiger charge is 2.04. The molecular formula is C24H53N3. The molecule has 3 heteroatoms. The third kappa shape index (κ3) is 22.0. The van der Waals surface area contributed by atoms with Crippen LogP contribution in [0, 0.1) is 0 Å². The summed E-state index contributed by atoms with van der Waals surface area (Å²) in [5, 5.41) is 3.46. The molecule has 0 amide bonds. The van der Waals surface area contributed by atoms with Crippen molar-refractivity contribution in [3.63, 3.8) is 0 Å². The standard InChI is InChI=1S/C24H53N3/c1-3-5-7-9-11-13-15-17-22-27(24-21-26-20-19-25)23-18-16-14-12-10-8-6-4-2/h26H,3-25H2,1-2H3. The summed E-state index contributed by atoms with van der Waals surface area (Å²) < 4.78 is 0. The molecular weight excluding hydrogens is 330 g/mol. The lowest BCUT2D eigenvalue weighted by Crippen LogP contribution is -2.35. The van der Waals surface area contributed by atoms with Crippen LogP contribution in [0.5, 0.6) is 0 Å². The van der Waals surface area contributed by atoms with Gasteiger partial charge in [-0.05, 0) is 25.9 Å². The average Bonchev–Trinajstić information content (AvgIpc) is 2.68. The van der Waals surface area contributed by atoms with E-state index in [-0.39, 0.29) is 0 Å². The van der Waals surface area contributed by atoms with Gasteiger partial charge < -0.3 is 16.0 Å². The molecule has 0 bridgehead atoms. The van der Waals surface area contributed by atoms with Crippen molar-refractivity contribution in [2.45, 2.75) is 117 Å². The van der Waals surface area contributed by atoms with Crippen LogP contribution < -0.4 is 11.1 Å². The van der Waals surface area contributed by atoms with Gasteiger partial charge in [0.1, 0.15) is 0 Å². The highest BCUT2D eigenvalue weighted by molar-refractivity contribution is 4.62. The minimum absolute atomic E-state index is 0.746. The fraction of sp³-hybridized carbons (Fsp3) is 1.00. The summed E-state index contributed by atoms with van der Waals surface area (Å²) in [5.74, 6) is 0. The number of unbranched alkanes of at least 4 members (excludes halogenated alkanes) is 14. The molecule has 0 fully saturated rings. The highest BCUT2D eigenvalue weighted by atomic mass is 15.1. The number of hydrogen-bond donors (Lipinski definition) is 2. The summed E-state index contributed by atoms with van der Waals surface area (Å²) in [5.41, 5.74) is 5.58. The molecule has 3 nitrogen and oxygen atoms in total. The summed E-state index contributed by atoms with van der Waals surface area (Å²) in [6.07, 6.45) is 22.6. The molecule has 0 aliphatic heterocycles. The first-order valence-corrected chi connectivity index (χ1v) is 12.5. The predicted molar refractivity (Wildman–Crippen MR) is 124 cm³/mol. The average molecular weight is 384 g/mol. The SMILES string of the molecule is CCCCCCCCCCN(CCCCCCCCCC)CCNCCN. The molecule has 3 N–H and O–H groups in total. The Labute approximate surface area is 172 Å². The Kier molecular flexibility index (Phi) is 23.8. The fourth-order valence-corrected chi connectivity index (χ4v) is 3.74. The smallest absolute Gasteiger partial charge is 0.0107 e. The van der Waals surface area contributed by atoms with Crippen LogP contribution in [0.4, 0.5) is 0 Å². The second-order valence-electron chi connectivity index (χ2n) is 8.33. The van der Waals surface area contributed by atoms with Gasteiger partial charge in [-0.1, -0.05) is 104 Å². The van der Waals surface area contributed by atoms with Crippen LogP contribution in [-0.4, -0.2) is 44.2 Å². The second kappa shape index (κ2) is 23.9. The van der Waals surface area contributed by atoms with Crippen molar-refractivity contribution in [2.75, 3.05) is 39.3 Å². The van der Waals surface area contributed by atoms with Crippen LogP contribution in [-0.2, 0) is 0 Å². The molecule has 0 aliphatic carbocycles. The first-order chi connectivity index (χ1) is 13.3. The zero-order valence-electron chi connectivity index (χ0n) is 19.1. The zero-order chi connectivity index (χ0) is 19.8. The number of rotatable bonds is 23. The van der Waals surface area contributed by atoms with Gasteiger partial charge in [-0.3, -0.25) is 0 Å². The Morgan fingerprint density at radius 1 is 0.519 bits per heavy atom. The van der Waals surface area contributed by atoms with E-state index < -0.39 is 0 Å². The Morgan fingerprint density at radius 3 is 1.33 bits per heavy atom. The molecule has 0 rings (SSSR count). The lowest BCUT2D eigenvalue weighted by Gasteiger charge is -2.22. The number of nitrogens with zero attached hydrogens (tertiary/aromatic N) is 1. The zero-order valence-corrected chi connectivity index (χ0v) is 19.1. The normalized spacial score (nSPS) is 11.6. The molecule has 0 radical (unpaired) electrons. The summed E-state index contributed by atoms with van der Waals surface area (Å²) in [4.78, 5) is 2.69. The fourth-order valence-electron chi connectivity index (χ4n) is 3.74. The largest absolute Gasteiger partial charge is 0.329 e. The molecule has 0 aromatic carbocycles. The monoisotopic (exact) mass is 383 g/mol. The molecule has 0 aromatic heterocycles. The van der Waals surface area contributed by atoms with Crippen molar-refractivity contribution in [3.8, 4) is 0 Å². The minimum Gasteiger partial charge on any atom is -0.329 e. The van der Waals surface area contributed by atoms with Gasteiger partial charge in [0.15, 0.2) is 0 Å². The molecule has 0 unspecified atom stereocenters. The Balaban J connectivity index is 3.70. The number of nitrogens with one attached hydrogen (secondary N) is 1. The van der Waals surface area contributed by atoms with Gasteiger partial charge in [-0.15, -0.1) is 0 Å². The van der Waals surface area contributed by atoms with E-state index >= 15 is 0 Å². The lowest BCUT2D eigenvalue weighted by atomic mass is 10.1. The minimum atomic E-state index is 0.746. The quantitative estimate of drug-likeness (QED) is 0.209. The molecule has 0 spiro atoms. The van der Waals surface area contributed by atoms with Crippen molar-refractivity contribution in [1.82, 2.24) is 10.2 Å². The third-order valence-electron chi connectivity index (χ3n) is 5.58. The van der Waals surface area contributed by atoms with E-state index in [9.17, 15) is 0 Å². The molecule has 27 heavy (non-hydrogen) atoms. The van der Waals surface area contributed by atoms with Crippen LogP contribution >= 0.6 is 0 Å². The van der Waals surface area contributed by atoms with E-state index in [0.717, 1.165) is 19.6 Å². The molecule has 164 valence electrons. The maximum absolute atomic E-state index is 5.58. The van der Waals surface area contributed by atoms with E-state index in [1.807, 2.05) is 0 Å². The van der Waals surface area contributed by atoms with E-state index in [1.165, 1.54) is 122 Å². The molecule has 0 atom stereocenters. The predicted octanol–water partition coefficient (Wildman–Crippen LogP) is 6.12. The van der Waals surface area contributed by atoms with Crippen molar-refractivity contribution < 1.29 is 0 Å². The first-order valence-electron chi connectivity index (χ1n) is 12.5. The first kappa shape index (κ1) is 26.9. The van der Waals surface area contributed by atoms with Gasteiger partial charge in [0.05, 0.1) is 0 Å². The second-order valence-corrected chi connectivity index (χ2v) is 8.33. The van der Waals surface area contributed by atoms with Gasteiger partial charge in [0.2, 0.25) is 0 Å². The van der Waals surface area contributed by atoms with Gasteiger partial charge >= 0.3 is 0 Å². The maximum Gasteiger partial charge on any atom is 0.0107 e. The van der Waals surface area contributed by atoms with Gasteiger partial charge in [-0.25, -0.2) is 0 Å². The van der Waals surface area contributed by atoms with E-state index in [2.05, 4.69) is 24.1 Å². The lowest BCUT2D eigenvalue weighted by molar-refractivity contribution is 0.260. The maximum atomic E-state index is 5.58. The summed E-state index contributed by atoms with van der Waals surface area (Å²) in [6, 6.07) is 0. The van der Waals surface area contributed by atoms with Crippen molar-refractivity contribution in [3.05, 3.63) is 0 Å². The third-order valence-corrected chi connectivity index (χ3v) is 5.58. The Bertz CT molecular complexity index is 238. The van der Waals surface area contributed by atoms with E-state index in [1.54, 1.807) is 0 Å². The molecule has 0 saturated carbocycles. The molecule has 0 heterocycles. The van der Waals surface area contributed by atoms with Crippen LogP contribution in [0.2, 0.25) is 0 Å². The van der Waals surface area contributed by atoms with Crippen molar-refractivity contribution >= 4 is 0 Å². The van der Waals surface area contributed by atoms with Crippen LogP contribution in [0.1, 0.15) is 117 Å². The van der Waals surface area contributed by atoms with Gasteiger partial charge in [0, 0.05) is 26.2 Å². The summed E-state index contributed by atoms with van der Waals surface area (Å²) >= 11 is 0. The van der Waals surface area contributed by atoms with Gasteiger partial charge in [0.25, 0.3) is 0 Å². The Hall–Kier alpha value is -0.120. The topological polar surface area (TPSA) is 41.3 Å². The van der Waals surface area contributed by atoms with E-state index in [0.29, 0.717) is 0 Å². The summed E-state index contributed by atoms with van der Waals surface area (Å²) in [6.45, 7) is 11.1. The van der Waals surface area contributed by atoms with Crippen LogP contribution in [0.25, 0.3) is 0 Å². The molecule has 0 aliphatic rings. The van der Waals surface area contributed by atoms with Crippen LogP contribution in [0.3, 0.4) is 0 Å². The Morgan fingerprint density at radius 2 is 0.926 bits per heavy atom. The van der Waals surface area contributed by atoms with Crippen molar-refractivity contribution in [1.29, 1.82) is 0 Å². The van der Waals surface area contributed by atoms with Crippen molar-refractivity contribution in [2.24, 2.45) is 5.73 Å². The molecule has 0 saturated heterocycles. The van der Waals surface area contributed by atoms with E-state index in [4.69, 9.17) is 5.73 Å².